The van der Waals surface area contributed by atoms with Crippen molar-refractivity contribution in [2.24, 2.45) is 0 Å². The Kier molecular flexibility index (Phi) is 7.60. The van der Waals surface area contributed by atoms with Crippen LogP contribution in [0.1, 0.15) is 20.7 Å². The van der Waals surface area contributed by atoms with E-state index >= 15 is 0 Å². The predicted octanol–water partition coefficient (Wildman–Crippen LogP) is 1.19. The average molecular weight is 342 g/mol. The highest BCUT2D eigenvalue weighted by Crippen LogP contribution is 2.08. The quantitative estimate of drug-likeness (QED) is 0.706. The third-order valence-corrected chi connectivity index (χ3v) is 3.30. The van der Waals surface area contributed by atoms with E-state index in [2.05, 4.69) is 0 Å². The van der Waals surface area contributed by atoms with Crippen molar-refractivity contribution in [3.63, 3.8) is 0 Å². The molecule has 0 saturated heterocycles. The minimum absolute atomic E-state index is 0. The van der Waals surface area contributed by atoms with Crippen LogP contribution in [-0.2, 0) is 10.1 Å². The lowest BCUT2D eigenvalue weighted by atomic mass is 10.1. The van der Waals surface area contributed by atoms with E-state index in [9.17, 15) is 18.0 Å². The fraction of sp³-hybridized carbons (Fsp3) is 0. The second-order valence-electron chi connectivity index (χ2n) is 3.94. The zero-order valence-corrected chi connectivity index (χ0v) is 12.4. The average Bonchev–Trinajstić information content (AvgIpc) is 2.48. The molecule has 23 heavy (non-hydrogen) atoms. The Labute approximate surface area is 131 Å². The molecule has 0 aliphatic carbocycles. The molecular formula is C14H14O8S. The summed E-state index contributed by atoms with van der Waals surface area (Å²) in [4.78, 5) is 20.9. The van der Waals surface area contributed by atoms with Crippen molar-refractivity contribution in [1.29, 1.82) is 0 Å². The van der Waals surface area contributed by atoms with Crippen molar-refractivity contribution < 1.29 is 38.2 Å². The second-order valence-corrected chi connectivity index (χ2v) is 5.37. The van der Waals surface area contributed by atoms with Gasteiger partial charge in [-0.05, 0) is 24.3 Å². The summed E-state index contributed by atoms with van der Waals surface area (Å²) in [6.07, 6.45) is 0. The van der Waals surface area contributed by atoms with Gasteiger partial charge >= 0.3 is 11.9 Å². The van der Waals surface area contributed by atoms with Gasteiger partial charge in [0.25, 0.3) is 10.1 Å². The number of hydrogen-bond donors (Lipinski definition) is 3. The lowest BCUT2D eigenvalue weighted by Gasteiger charge is -1.98. The largest absolute Gasteiger partial charge is 0.478 e. The lowest BCUT2D eigenvalue weighted by molar-refractivity contribution is 0.0651. The zero-order valence-electron chi connectivity index (χ0n) is 11.6. The van der Waals surface area contributed by atoms with Crippen LogP contribution < -0.4 is 0 Å². The van der Waals surface area contributed by atoms with Crippen molar-refractivity contribution in [1.82, 2.24) is 0 Å². The van der Waals surface area contributed by atoms with Crippen LogP contribution in [0.4, 0.5) is 0 Å². The van der Waals surface area contributed by atoms with Gasteiger partial charge in [-0.25, -0.2) is 9.59 Å². The van der Waals surface area contributed by atoms with Gasteiger partial charge in [0, 0.05) is 0 Å². The Balaban J connectivity index is 0.000000409. The summed E-state index contributed by atoms with van der Waals surface area (Å²) in [5.41, 5.74) is -0.380. The van der Waals surface area contributed by atoms with Crippen LogP contribution in [0, 0.1) is 0 Å². The highest BCUT2D eigenvalue weighted by Gasteiger charge is 2.13. The molecule has 0 saturated carbocycles. The van der Waals surface area contributed by atoms with E-state index in [1.807, 2.05) is 0 Å². The van der Waals surface area contributed by atoms with Crippen molar-refractivity contribution in [3.05, 3.63) is 65.7 Å². The third kappa shape index (κ3) is 6.26. The molecular weight excluding hydrogens is 328 g/mol. The molecule has 0 amide bonds. The van der Waals surface area contributed by atoms with Crippen LogP contribution in [-0.4, -0.2) is 40.6 Å². The van der Waals surface area contributed by atoms with Crippen molar-refractivity contribution in [2.45, 2.75) is 4.90 Å². The molecule has 0 aliphatic heterocycles. The summed E-state index contributed by atoms with van der Waals surface area (Å²) in [5, 5.41) is 17.1. The first kappa shape index (κ1) is 20.2. The normalized spacial score (nSPS) is 9.78. The van der Waals surface area contributed by atoms with Crippen molar-refractivity contribution >= 4 is 22.1 Å². The van der Waals surface area contributed by atoms with Gasteiger partial charge < -0.3 is 15.7 Å². The Morgan fingerprint density at radius 1 is 0.739 bits per heavy atom. The third-order valence-electron chi connectivity index (χ3n) is 2.43. The van der Waals surface area contributed by atoms with Crippen LogP contribution in [0.2, 0.25) is 0 Å². The molecule has 2 aromatic rings. The molecule has 124 valence electrons. The van der Waals surface area contributed by atoms with Crippen LogP contribution in [0.25, 0.3) is 0 Å². The number of hydrogen-bond acceptors (Lipinski definition) is 4. The molecule has 0 fully saturated rings. The summed E-state index contributed by atoms with van der Waals surface area (Å²) >= 11 is 0. The smallest absolute Gasteiger partial charge is 0.336 e. The monoisotopic (exact) mass is 342 g/mol. The fourth-order valence-corrected chi connectivity index (χ4v) is 1.95. The highest BCUT2D eigenvalue weighted by molar-refractivity contribution is 7.85. The molecule has 9 heteroatoms. The molecule has 0 unspecified atom stereocenters. The first-order chi connectivity index (χ1) is 10.2. The number of benzene rings is 2. The van der Waals surface area contributed by atoms with E-state index in [4.69, 9.17) is 14.8 Å². The molecule has 2 aromatic carbocycles. The molecule has 0 spiro atoms. The SMILES string of the molecule is O.O=C(O)c1ccccc1C(=O)O.O=S(=O)(O)c1ccccc1. The summed E-state index contributed by atoms with van der Waals surface area (Å²) < 4.78 is 29.2. The maximum atomic E-state index is 10.5. The van der Waals surface area contributed by atoms with Gasteiger partial charge in [0.05, 0.1) is 16.0 Å². The summed E-state index contributed by atoms with van der Waals surface area (Å²) in [7, 11) is -4.00. The van der Waals surface area contributed by atoms with Crippen LogP contribution in [0.5, 0.6) is 0 Å². The van der Waals surface area contributed by atoms with E-state index in [0.29, 0.717) is 0 Å². The highest BCUT2D eigenvalue weighted by atomic mass is 32.2. The Morgan fingerprint density at radius 3 is 1.35 bits per heavy atom. The number of carbonyl (C=O) groups is 2. The molecule has 0 heterocycles. The first-order valence-electron chi connectivity index (χ1n) is 5.81. The standard InChI is InChI=1S/C8H6O4.C6H6O3S.H2O/c9-7(10)5-3-1-2-4-6(5)8(11)12;7-10(8,9)6-4-2-1-3-5-6;/h1-4H,(H,9,10)(H,11,12);1-5H,(H,7,8,9);1H2. The molecule has 0 bridgehead atoms. The van der Waals surface area contributed by atoms with Crippen LogP contribution >= 0.6 is 0 Å². The van der Waals surface area contributed by atoms with Crippen molar-refractivity contribution in [3.8, 4) is 0 Å². The summed E-state index contributed by atoms with van der Waals surface area (Å²) in [6, 6.07) is 12.9. The lowest BCUT2D eigenvalue weighted by Crippen LogP contribution is -2.06. The van der Waals surface area contributed by atoms with Gasteiger partial charge in [-0.2, -0.15) is 8.42 Å². The maximum absolute atomic E-state index is 10.5. The Morgan fingerprint density at radius 2 is 1.09 bits per heavy atom. The topological polar surface area (TPSA) is 160 Å². The molecule has 2 rings (SSSR count). The molecule has 5 N–H and O–H groups in total. The maximum Gasteiger partial charge on any atom is 0.336 e. The van der Waals surface area contributed by atoms with E-state index < -0.39 is 22.1 Å². The van der Waals surface area contributed by atoms with Crippen LogP contribution in [0.15, 0.2) is 59.5 Å². The Hall–Kier alpha value is -2.75. The minimum Gasteiger partial charge on any atom is -0.478 e. The second kappa shape index (κ2) is 8.63. The number of aromatic carboxylic acids is 2. The number of carboxylic acid groups (broad SMARTS) is 2. The molecule has 0 aromatic heterocycles. The molecule has 8 nitrogen and oxygen atoms in total. The van der Waals surface area contributed by atoms with Gasteiger partial charge in [-0.1, -0.05) is 30.3 Å². The zero-order chi connectivity index (χ0) is 16.8. The van der Waals surface area contributed by atoms with E-state index in [-0.39, 0.29) is 21.5 Å². The molecule has 0 aliphatic rings. The van der Waals surface area contributed by atoms with Gasteiger partial charge in [0.2, 0.25) is 0 Å². The summed E-state index contributed by atoms with van der Waals surface area (Å²) in [6.45, 7) is 0. The van der Waals surface area contributed by atoms with E-state index in [0.717, 1.165) is 0 Å². The van der Waals surface area contributed by atoms with Crippen LogP contribution in [0.3, 0.4) is 0 Å². The number of carboxylic acids is 2. The van der Waals surface area contributed by atoms with Gasteiger partial charge in [-0.15, -0.1) is 0 Å². The number of rotatable bonds is 3. The minimum atomic E-state index is -4.00. The van der Waals surface area contributed by atoms with Crippen molar-refractivity contribution in [2.75, 3.05) is 0 Å². The fourth-order valence-electron chi connectivity index (χ4n) is 1.45. The predicted molar refractivity (Wildman–Crippen MR) is 80.2 cm³/mol. The first-order valence-corrected chi connectivity index (χ1v) is 7.25. The Bertz CT molecular complexity index is 735. The summed E-state index contributed by atoms with van der Waals surface area (Å²) in [5.74, 6) is -2.46. The van der Waals surface area contributed by atoms with Gasteiger partial charge in [0.15, 0.2) is 0 Å². The van der Waals surface area contributed by atoms with Gasteiger partial charge in [-0.3, -0.25) is 4.55 Å². The van der Waals surface area contributed by atoms with E-state index in [1.165, 1.54) is 36.4 Å². The van der Waals surface area contributed by atoms with E-state index in [1.54, 1.807) is 18.2 Å². The molecule has 0 radical (unpaired) electrons. The molecule has 0 atom stereocenters. The van der Waals surface area contributed by atoms with Gasteiger partial charge in [0.1, 0.15) is 0 Å².